The van der Waals surface area contributed by atoms with Crippen molar-refractivity contribution in [1.29, 1.82) is 0 Å². The first-order valence-corrected chi connectivity index (χ1v) is 13.8. The first-order valence-electron chi connectivity index (χ1n) is 13.8. The van der Waals surface area contributed by atoms with Crippen molar-refractivity contribution < 1.29 is 14.6 Å². The molecule has 1 amide bonds. The molecule has 4 fully saturated rings. The van der Waals surface area contributed by atoms with E-state index in [9.17, 15) is 9.90 Å². The molecule has 4 aliphatic carbocycles. The van der Waals surface area contributed by atoms with E-state index in [1.807, 2.05) is 20.8 Å². The summed E-state index contributed by atoms with van der Waals surface area (Å²) in [4.78, 5) is 11.9. The first-order chi connectivity index (χ1) is 15.4. The zero-order chi connectivity index (χ0) is 24.0. The number of hydrogen-bond acceptors (Lipinski definition) is 4. The van der Waals surface area contributed by atoms with Crippen LogP contribution in [0, 0.1) is 40.4 Å². The Morgan fingerprint density at radius 1 is 1.00 bits per heavy atom. The number of ether oxygens (including phenoxy) is 1. The molecule has 9 atom stereocenters. The third kappa shape index (κ3) is 4.96. The highest BCUT2D eigenvalue weighted by Gasteiger charge is 2.60. The Morgan fingerprint density at radius 3 is 2.42 bits per heavy atom. The molecule has 4 saturated carbocycles. The molecule has 0 saturated heterocycles. The fourth-order valence-corrected chi connectivity index (χ4v) is 9.02. The van der Waals surface area contributed by atoms with Crippen LogP contribution in [-0.4, -0.2) is 42.0 Å². The highest BCUT2D eigenvalue weighted by Crippen LogP contribution is 2.67. The standard InChI is InChI=1S/C28H50N2O3/c1-18(29-15-16-30-25(32)33-26(2,3)4)22-9-10-23-21-8-7-19-17-20(31)11-13-27(19,5)24(21)12-14-28(22,23)6/h18-24,29,31H,7-17H2,1-6H3,(H,30,32)/t18?,19?,20-,21?,22+,23?,24?,27-,28+/m0/s1. The van der Waals surface area contributed by atoms with Gasteiger partial charge in [-0.05, 0) is 126 Å². The van der Waals surface area contributed by atoms with E-state index in [0.717, 1.165) is 43.1 Å². The zero-order valence-corrected chi connectivity index (χ0v) is 22.1. The van der Waals surface area contributed by atoms with Gasteiger partial charge >= 0.3 is 6.09 Å². The lowest BCUT2D eigenvalue weighted by Gasteiger charge is -2.61. The number of fused-ring (bicyclic) bond motifs is 5. The van der Waals surface area contributed by atoms with Crippen molar-refractivity contribution in [3.8, 4) is 0 Å². The van der Waals surface area contributed by atoms with Crippen LogP contribution in [0.15, 0.2) is 0 Å². The van der Waals surface area contributed by atoms with Gasteiger partial charge in [-0.1, -0.05) is 13.8 Å². The molecule has 0 aromatic rings. The molecule has 4 rings (SSSR count). The maximum atomic E-state index is 11.9. The van der Waals surface area contributed by atoms with Gasteiger partial charge in [0.25, 0.3) is 0 Å². The molecule has 0 spiro atoms. The summed E-state index contributed by atoms with van der Waals surface area (Å²) in [6.07, 6.45) is 11.1. The smallest absolute Gasteiger partial charge is 0.407 e. The van der Waals surface area contributed by atoms with Crippen molar-refractivity contribution in [2.24, 2.45) is 40.4 Å². The number of nitrogens with one attached hydrogen (secondary N) is 2. The van der Waals surface area contributed by atoms with Gasteiger partial charge in [-0.2, -0.15) is 0 Å². The minimum absolute atomic E-state index is 0.0546. The highest BCUT2D eigenvalue weighted by atomic mass is 16.6. The van der Waals surface area contributed by atoms with Gasteiger partial charge in [0.15, 0.2) is 0 Å². The van der Waals surface area contributed by atoms with E-state index in [0.29, 0.717) is 29.3 Å². The van der Waals surface area contributed by atoms with Crippen LogP contribution >= 0.6 is 0 Å². The SMILES string of the molecule is CC(NCCNC(=O)OC(C)(C)C)[C@H]1CCC2C3CCC4C[C@@H](O)CC[C@]4(C)C3CC[C@@]21C. The van der Waals surface area contributed by atoms with Gasteiger partial charge in [-0.15, -0.1) is 0 Å². The molecule has 33 heavy (non-hydrogen) atoms. The third-order valence-corrected chi connectivity index (χ3v) is 10.6. The Kier molecular flexibility index (Phi) is 7.15. The van der Waals surface area contributed by atoms with Gasteiger partial charge in [0.2, 0.25) is 0 Å². The predicted octanol–water partition coefficient (Wildman–Crippen LogP) is 5.51. The molecular formula is C28H50N2O3. The predicted molar refractivity (Wildman–Crippen MR) is 133 cm³/mol. The number of carbonyl (C=O) groups excluding carboxylic acids is 1. The Hall–Kier alpha value is -0.810. The largest absolute Gasteiger partial charge is 0.444 e. The van der Waals surface area contributed by atoms with E-state index in [2.05, 4.69) is 31.4 Å². The first kappa shape index (κ1) is 25.3. The molecule has 0 bridgehead atoms. The van der Waals surface area contributed by atoms with E-state index < -0.39 is 5.60 Å². The number of amides is 1. The van der Waals surface area contributed by atoms with Crippen molar-refractivity contribution in [3.05, 3.63) is 0 Å². The van der Waals surface area contributed by atoms with E-state index in [1.54, 1.807) is 0 Å². The molecule has 4 aliphatic rings. The summed E-state index contributed by atoms with van der Waals surface area (Å²) in [7, 11) is 0. The number of aliphatic hydroxyl groups is 1. The lowest BCUT2D eigenvalue weighted by Crippen LogP contribution is -2.55. The molecule has 5 heteroatoms. The van der Waals surface area contributed by atoms with Gasteiger partial charge in [-0.3, -0.25) is 0 Å². The minimum Gasteiger partial charge on any atom is -0.444 e. The molecule has 190 valence electrons. The zero-order valence-electron chi connectivity index (χ0n) is 22.1. The van der Waals surface area contributed by atoms with Crippen LogP contribution in [0.3, 0.4) is 0 Å². The number of rotatable bonds is 5. The van der Waals surface area contributed by atoms with Gasteiger partial charge in [0.1, 0.15) is 5.60 Å². The van der Waals surface area contributed by atoms with Gasteiger partial charge in [-0.25, -0.2) is 4.79 Å². The second-order valence-corrected chi connectivity index (χ2v) is 13.5. The molecule has 0 aromatic carbocycles. The lowest BCUT2D eigenvalue weighted by atomic mass is 9.44. The van der Waals surface area contributed by atoms with Crippen molar-refractivity contribution in [1.82, 2.24) is 10.6 Å². The van der Waals surface area contributed by atoms with Crippen LogP contribution in [-0.2, 0) is 4.74 Å². The van der Waals surface area contributed by atoms with E-state index >= 15 is 0 Å². The van der Waals surface area contributed by atoms with Crippen molar-refractivity contribution in [3.63, 3.8) is 0 Å². The summed E-state index contributed by atoms with van der Waals surface area (Å²) in [5.74, 6) is 4.05. The highest BCUT2D eigenvalue weighted by molar-refractivity contribution is 5.67. The van der Waals surface area contributed by atoms with Crippen LogP contribution in [0.5, 0.6) is 0 Å². The maximum absolute atomic E-state index is 11.9. The monoisotopic (exact) mass is 462 g/mol. The summed E-state index contributed by atoms with van der Waals surface area (Å²) in [5, 5.41) is 16.9. The molecular weight excluding hydrogens is 412 g/mol. The summed E-state index contributed by atoms with van der Waals surface area (Å²) in [6, 6.07) is 0.466. The molecule has 0 aromatic heterocycles. The van der Waals surface area contributed by atoms with Gasteiger partial charge in [0.05, 0.1) is 6.10 Å². The second-order valence-electron chi connectivity index (χ2n) is 13.5. The normalized spacial score (nSPS) is 43.7. The van der Waals surface area contributed by atoms with Crippen LogP contribution < -0.4 is 10.6 Å². The number of alkyl carbamates (subject to hydrolysis) is 1. The average Bonchev–Trinajstić information content (AvgIpc) is 3.07. The summed E-state index contributed by atoms with van der Waals surface area (Å²) >= 11 is 0. The molecule has 3 N–H and O–H groups in total. The Balaban J connectivity index is 1.32. The second kappa shape index (κ2) is 9.33. The third-order valence-electron chi connectivity index (χ3n) is 10.6. The van der Waals surface area contributed by atoms with Crippen LogP contribution in [0.1, 0.15) is 99.3 Å². The fourth-order valence-electron chi connectivity index (χ4n) is 9.02. The minimum atomic E-state index is -0.454. The molecule has 5 nitrogen and oxygen atoms in total. The lowest BCUT2D eigenvalue weighted by molar-refractivity contribution is -0.127. The Morgan fingerprint density at radius 2 is 1.70 bits per heavy atom. The van der Waals surface area contributed by atoms with Crippen molar-refractivity contribution in [2.75, 3.05) is 13.1 Å². The van der Waals surface area contributed by atoms with E-state index in [-0.39, 0.29) is 12.2 Å². The quantitative estimate of drug-likeness (QED) is 0.471. The van der Waals surface area contributed by atoms with Crippen molar-refractivity contribution in [2.45, 2.75) is 117 Å². The summed E-state index contributed by atoms with van der Waals surface area (Å²) < 4.78 is 5.34. The van der Waals surface area contributed by atoms with Gasteiger partial charge < -0.3 is 20.5 Å². The Bertz CT molecular complexity index is 706. The van der Waals surface area contributed by atoms with E-state index in [1.165, 1.54) is 44.9 Å². The summed E-state index contributed by atoms with van der Waals surface area (Å²) in [6.45, 7) is 14.6. The summed E-state index contributed by atoms with van der Waals surface area (Å²) in [5.41, 5.74) is 0.438. The molecule has 5 unspecified atom stereocenters. The van der Waals surface area contributed by atoms with Crippen LogP contribution in [0.25, 0.3) is 0 Å². The molecule has 0 heterocycles. The molecule has 0 radical (unpaired) electrons. The average molecular weight is 463 g/mol. The molecule has 0 aliphatic heterocycles. The number of hydrogen-bond donors (Lipinski definition) is 3. The van der Waals surface area contributed by atoms with Crippen molar-refractivity contribution >= 4 is 6.09 Å². The van der Waals surface area contributed by atoms with Crippen LogP contribution in [0.4, 0.5) is 4.79 Å². The topological polar surface area (TPSA) is 70.6 Å². The van der Waals surface area contributed by atoms with Gasteiger partial charge in [0, 0.05) is 19.1 Å². The Labute approximate surface area is 202 Å². The van der Waals surface area contributed by atoms with E-state index in [4.69, 9.17) is 4.74 Å². The van der Waals surface area contributed by atoms with Crippen LogP contribution in [0.2, 0.25) is 0 Å². The number of aliphatic hydroxyl groups excluding tert-OH is 1. The maximum Gasteiger partial charge on any atom is 0.407 e. The number of carbonyl (C=O) groups is 1. The fraction of sp³-hybridized carbons (Fsp3) is 0.964.